The second-order valence-corrected chi connectivity index (χ2v) is 13.7. The van der Waals surface area contributed by atoms with Crippen LogP contribution in [0.5, 0.6) is 17.2 Å². The number of benzene rings is 2. The van der Waals surface area contributed by atoms with E-state index in [2.05, 4.69) is 26.4 Å². The number of carboxylic acid groups (broad SMARTS) is 1. The van der Waals surface area contributed by atoms with Gasteiger partial charge in [0.25, 0.3) is 0 Å². The van der Waals surface area contributed by atoms with E-state index in [0.29, 0.717) is 95.3 Å². The van der Waals surface area contributed by atoms with E-state index in [1.807, 2.05) is 72.8 Å². The van der Waals surface area contributed by atoms with Crippen LogP contribution in [0, 0.1) is 0 Å². The number of rotatable bonds is 25. The molecule has 1 saturated heterocycles. The van der Waals surface area contributed by atoms with Crippen LogP contribution < -0.4 is 35.6 Å². The molecule has 18 nitrogen and oxygen atoms in total. The van der Waals surface area contributed by atoms with Gasteiger partial charge in [-0.3, -0.25) is 15.4 Å². The number of piperazine rings is 1. The molecule has 0 aliphatic carbocycles. The number of amides is 2. The summed E-state index contributed by atoms with van der Waals surface area (Å²) in [5.74, 6) is 1.49. The number of nitrogens with zero attached hydrogens (tertiary/aromatic N) is 3. The Hall–Kier alpha value is -5.53. The molecule has 3 aliphatic rings. The molecule has 0 aromatic heterocycles. The number of alkyl carbamates (subject to hydrolysis) is 1. The number of aliphatic imine (C=N–C) groups is 1. The van der Waals surface area contributed by atoms with Gasteiger partial charge in [0, 0.05) is 44.0 Å². The zero-order valence-corrected chi connectivity index (χ0v) is 34.6. The molecule has 18 heteroatoms. The Balaban J connectivity index is 1.02. The third kappa shape index (κ3) is 13.2. The third-order valence-corrected chi connectivity index (χ3v) is 9.92. The van der Waals surface area contributed by atoms with Crippen LogP contribution in [0.4, 0.5) is 15.3 Å². The zero-order valence-electron chi connectivity index (χ0n) is 34.6. The molecule has 1 fully saturated rings. The van der Waals surface area contributed by atoms with E-state index >= 15 is 0 Å². The number of anilines is 1. The van der Waals surface area contributed by atoms with Crippen molar-refractivity contribution >= 4 is 24.1 Å². The minimum absolute atomic E-state index is 0.123. The highest BCUT2D eigenvalue weighted by Gasteiger charge is 2.47. The number of ether oxygens (including phenoxy) is 8. The number of hydrogen-bond acceptors (Lipinski definition) is 15. The van der Waals surface area contributed by atoms with Crippen LogP contribution in [0.3, 0.4) is 0 Å². The number of hydrogen-bond donors (Lipinski definition) is 5. The maximum Gasteiger partial charge on any atom is 0.407 e. The van der Waals surface area contributed by atoms with Gasteiger partial charge in [-0.1, -0.05) is 49.4 Å². The van der Waals surface area contributed by atoms with Crippen LogP contribution >= 0.6 is 0 Å². The molecule has 2 aromatic carbocycles. The van der Waals surface area contributed by atoms with Crippen molar-refractivity contribution in [2.75, 3.05) is 105 Å². The van der Waals surface area contributed by atoms with Gasteiger partial charge in [0.1, 0.15) is 36.9 Å². The predicted molar refractivity (Wildman–Crippen MR) is 225 cm³/mol. The molecule has 328 valence electrons. The van der Waals surface area contributed by atoms with Crippen molar-refractivity contribution in [2.45, 2.75) is 37.6 Å². The van der Waals surface area contributed by atoms with Crippen LogP contribution in [0.25, 0.3) is 0 Å². The average molecular weight is 838 g/mol. The predicted octanol–water partition coefficient (Wildman–Crippen LogP) is 3.77. The molecule has 0 saturated carbocycles. The largest absolute Gasteiger partial charge is 0.493 e. The van der Waals surface area contributed by atoms with E-state index in [4.69, 9.17) is 37.9 Å². The smallest absolute Gasteiger partial charge is 0.407 e. The van der Waals surface area contributed by atoms with Gasteiger partial charge < -0.3 is 63.9 Å². The number of dihydropyridines is 1. The lowest BCUT2D eigenvalue weighted by Crippen LogP contribution is -2.70. The van der Waals surface area contributed by atoms with Gasteiger partial charge in [0.2, 0.25) is 0 Å². The summed E-state index contributed by atoms with van der Waals surface area (Å²) in [5.41, 5.74) is 5.01. The number of carbonyl (C=O) groups excluding carboxylic acids is 1. The second kappa shape index (κ2) is 24.5. The maximum atomic E-state index is 12.3. The second-order valence-electron chi connectivity index (χ2n) is 13.7. The monoisotopic (exact) mass is 837 g/mol. The lowest BCUT2D eigenvalue weighted by molar-refractivity contribution is -0.00427. The standard InChI is InChI=1S/C42H59N7O11/c1-4-33-28-45-38(29-48(33)41(51)52)42(13-8-9-14-46-42)39-12-15-43-31-49(39)47-34-26-36(53-2)37(54-3)27-35(34)59-25-24-58-23-22-57-21-20-56-19-18-55-17-16-44-40(50)60-30-32-10-6-5-7-11-32/h5-15,26-27,33,38,45-47H,4,16-25,28-31H2,1-3H3,(H,44,50)(H,51,52). The van der Waals surface area contributed by atoms with Crippen molar-refractivity contribution in [2.24, 2.45) is 4.99 Å². The molecule has 0 bridgehead atoms. The first kappa shape index (κ1) is 45.6. The molecule has 5 N–H and O–H groups in total. The highest BCUT2D eigenvalue weighted by atomic mass is 16.6. The van der Waals surface area contributed by atoms with Crippen LogP contribution in [0.15, 0.2) is 83.7 Å². The van der Waals surface area contributed by atoms with Gasteiger partial charge in [-0.15, -0.1) is 0 Å². The molecular weight excluding hydrogens is 778 g/mol. The Morgan fingerprint density at radius 2 is 1.58 bits per heavy atom. The van der Waals surface area contributed by atoms with Gasteiger partial charge in [-0.2, -0.15) is 0 Å². The molecule has 3 aliphatic heterocycles. The topological polar surface area (TPSA) is 195 Å². The average Bonchev–Trinajstić information content (AvgIpc) is 3.28. The molecule has 60 heavy (non-hydrogen) atoms. The van der Waals surface area contributed by atoms with Gasteiger partial charge in [0.15, 0.2) is 11.5 Å². The molecule has 5 rings (SSSR count). The fourth-order valence-corrected chi connectivity index (χ4v) is 6.81. The Morgan fingerprint density at radius 1 is 0.900 bits per heavy atom. The molecular formula is C42H59N7O11. The van der Waals surface area contributed by atoms with E-state index in [1.165, 1.54) is 4.90 Å². The summed E-state index contributed by atoms with van der Waals surface area (Å²) in [5, 5.41) is 21.8. The normalized spacial score (nSPS) is 19.6. The summed E-state index contributed by atoms with van der Waals surface area (Å²) >= 11 is 0. The molecule has 3 unspecified atom stereocenters. The summed E-state index contributed by atoms with van der Waals surface area (Å²) in [6, 6.07) is 12.6. The first-order chi connectivity index (χ1) is 29.4. The molecule has 0 spiro atoms. The zero-order chi connectivity index (χ0) is 42.4. The van der Waals surface area contributed by atoms with Gasteiger partial charge in [0.05, 0.1) is 78.8 Å². The molecule has 3 atom stereocenters. The van der Waals surface area contributed by atoms with Crippen LogP contribution in [0.1, 0.15) is 18.9 Å². The van der Waals surface area contributed by atoms with Crippen molar-refractivity contribution in [3.63, 3.8) is 0 Å². The Kier molecular flexibility index (Phi) is 18.6. The molecule has 2 amide bonds. The van der Waals surface area contributed by atoms with E-state index in [0.717, 1.165) is 11.3 Å². The summed E-state index contributed by atoms with van der Waals surface area (Å²) in [6.07, 6.45) is 10.7. The fourth-order valence-electron chi connectivity index (χ4n) is 6.81. The van der Waals surface area contributed by atoms with Gasteiger partial charge >= 0.3 is 12.2 Å². The van der Waals surface area contributed by atoms with E-state index in [9.17, 15) is 14.7 Å². The first-order valence-electron chi connectivity index (χ1n) is 20.1. The summed E-state index contributed by atoms with van der Waals surface area (Å²) in [6.45, 7) is 6.88. The summed E-state index contributed by atoms with van der Waals surface area (Å²) < 4.78 is 45.0. The summed E-state index contributed by atoms with van der Waals surface area (Å²) in [4.78, 5) is 30.1. The van der Waals surface area contributed by atoms with Crippen LogP contribution in [-0.4, -0.2) is 151 Å². The lowest BCUT2D eigenvalue weighted by atomic mass is 9.81. The number of hydrazine groups is 1. The highest BCUT2D eigenvalue weighted by molar-refractivity contribution is 5.75. The fraction of sp³-hybridized carbons (Fsp3) is 0.500. The van der Waals surface area contributed by atoms with E-state index in [-0.39, 0.29) is 38.5 Å². The number of allylic oxidation sites excluding steroid dienone is 3. The minimum atomic E-state index is -0.941. The van der Waals surface area contributed by atoms with E-state index < -0.39 is 17.7 Å². The lowest BCUT2D eigenvalue weighted by Gasteiger charge is -2.50. The Bertz CT molecular complexity index is 1760. The van der Waals surface area contributed by atoms with Crippen molar-refractivity contribution in [1.29, 1.82) is 0 Å². The minimum Gasteiger partial charge on any atom is -0.493 e. The molecule has 0 radical (unpaired) electrons. The van der Waals surface area contributed by atoms with Gasteiger partial charge in [-0.05, 0) is 30.3 Å². The summed E-state index contributed by atoms with van der Waals surface area (Å²) in [7, 11) is 3.13. The number of nitrogens with one attached hydrogen (secondary N) is 4. The van der Waals surface area contributed by atoms with Crippen LogP contribution in [-0.2, 0) is 30.3 Å². The van der Waals surface area contributed by atoms with E-state index in [1.54, 1.807) is 32.6 Å². The Morgan fingerprint density at radius 3 is 2.23 bits per heavy atom. The van der Waals surface area contributed by atoms with Crippen LogP contribution in [0.2, 0.25) is 0 Å². The molecule has 3 heterocycles. The maximum absolute atomic E-state index is 12.3. The Labute approximate surface area is 351 Å². The van der Waals surface area contributed by atoms with Crippen molar-refractivity contribution in [3.05, 3.63) is 84.2 Å². The quantitative estimate of drug-likeness (QED) is 0.0907. The van der Waals surface area contributed by atoms with Crippen molar-refractivity contribution in [3.8, 4) is 17.2 Å². The highest BCUT2D eigenvalue weighted by Crippen LogP contribution is 2.40. The van der Waals surface area contributed by atoms with Gasteiger partial charge in [-0.25, -0.2) is 9.59 Å². The number of carbonyl (C=O) groups is 2. The third-order valence-electron chi connectivity index (χ3n) is 9.92. The van der Waals surface area contributed by atoms with Crippen molar-refractivity contribution < 1.29 is 52.6 Å². The number of methoxy groups -OCH3 is 2. The first-order valence-corrected chi connectivity index (χ1v) is 20.1. The van der Waals surface area contributed by atoms with Crippen molar-refractivity contribution in [1.82, 2.24) is 25.9 Å². The molecule has 2 aromatic rings. The SMILES string of the molecule is CCC1CNC(C2(C3=CC=NCN3Nc3cc(OC)c(OC)cc3OCCOCCOCCOCCOCCNC(=O)OCc3ccccc3)C=CC=CN2)CN1C(=O)O.